The van der Waals surface area contributed by atoms with Gasteiger partial charge in [-0.3, -0.25) is 9.48 Å². The molecule has 11 heteroatoms. The zero-order chi connectivity index (χ0) is 26.2. The second-order valence-electron chi connectivity index (χ2n) is 8.70. The molecular weight excluding hydrogens is 465 g/mol. The average molecular weight is 502 g/mol. The van der Waals surface area contributed by atoms with Gasteiger partial charge in [0.25, 0.3) is 5.91 Å². The molecule has 0 aliphatic rings. The highest BCUT2D eigenvalue weighted by atomic mass is 19.1. The number of ether oxygens (including phenoxy) is 2. The molecule has 0 spiro atoms. The van der Waals surface area contributed by atoms with Crippen LogP contribution in [0.15, 0.2) is 24.3 Å². The van der Waals surface area contributed by atoms with E-state index in [0.29, 0.717) is 31.9 Å². The summed E-state index contributed by atoms with van der Waals surface area (Å²) in [5, 5.41) is 11.9. The maximum absolute atomic E-state index is 14.7. The Bertz CT molecular complexity index is 1180. The molecule has 2 atom stereocenters. The number of nitrogens with zero attached hydrogens (tertiary/aromatic N) is 3. The van der Waals surface area contributed by atoms with Crippen LogP contribution in [0.3, 0.4) is 0 Å². The molecule has 0 saturated heterocycles. The third-order valence-corrected chi connectivity index (χ3v) is 6.08. The zero-order valence-electron chi connectivity index (χ0n) is 21.3. The van der Waals surface area contributed by atoms with Crippen molar-refractivity contribution < 1.29 is 18.7 Å². The molecular formula is C25H36FN7O3. The number of carbonyl (C=O) groups excluding carboxylic acids is 1. The highest BCUT2D eigenvalue weighted by Crippen LogP contribution is 2.28. The van der Waals surface area contributed by atoms with Crippen molar-refractivity contribution in [1.82, 2.24) is 14.8 Å². The van der Waals surface area contributed by atoms with Gasteiger partial charge in [-0.2, -0.15) is 5.10 Å². The van der Waals surface area contributed by atoms with Crippen LogP contribution in [0, 0.1) is 5.82 Å². The van der Waals surface area contributed by atoms with Crippen molar-refractivity contribution in [2.24, 2.45) is 11.5 Å². The molecule has 0 unspecified atom stereocenters. The number of anilines is 3. The lowest BCUT2D eigenvalue weighted by Gasteiger charge is -2.21. The molecule has 3 rings (SSSR count). The van der Waals surface area contributed by atoms with Crippen LogP contribution in [0.5, 0.6) is 0 Å². The lowest BCUT2D eigenvalue weighted by Crippen LogP contribution is -2.38. The number of halogens is 1. The molecule has 3 aromatic rings. The van der Waals surface area contributed by atoms with E-state index in [1.165, 1.54) is 0 Å². The van der Waals surface area contributed by atoms with Crippen LogP contribution in [-0.2, 0) is 22.4 Å². The van der Waals surface area contributed by atoms with Crippen molar-refractivity contribution in [1.29, 1.82) is 0 Å². The van der Waals surface area contributed by atoms with Gasteiger partial charge in [0, 0.05) is 44.0 Å². The Morgan fingerprint density at radius 2 is 1.94 bits per heavy atom. The standard InChI is InChI=1S/C25H36FN7O3/c1-5-20(27)15(2)29-25-19(26)14-18(23(28)34)24(31-25)30-16-8-9-22-17(13-16)21(7-6-11-35-3)32-33(22)10-12-36-4/h8-9,13-15,20H,5-7,10-12,27H2,1-4H3,(H2,28,34)(H2,29,30,31)/t15-,20+/m1/s1. The van der Waals surface area contributed by atoms with Gasteiger partial charge in [-0.15, -0.1) is 0 Å². The second-order valence-corrected chi connectivity index (χ2v) is 8.70. The van der Waals surface area contributed by atoms with Crippen LogP contribution in [0.25, 0.3) is 10.9 Å². The van der Waals surface area contributed by atoms with Crippen LogP contribution in [-0.4, -0.2) is 60.2 Å². The monoisotopic (exact) mass is 501 g/mol. The van der Waals surface area contributed by atoms with Gasteiger partial charge in [-0.1, -0.05) is 6.92 Å². The summed E-state index contributed by atoms with van der Waals surface area (Å²) in [6.45, 7) is 5.58. The molecule has 196 valence electrons. The van der Waals surface area contributed by atoms with Crippen LogP contribution < -0.4 is 22.1 Å². The summed E-state index contributed by atoms with van der Waals surface area (Å²) in [5.74, 6) is -1.33. The van der Waals surface area contributed by atoms with Crippen molar-refractivity contribution in [3.05, 3.63) is 41.3 Å². The number of hydrogen-bond donors (Lipinski definition) is 4. The molecule has 0 aliphatic carbocycles. The van der Waals surface area contributed by atoms with Gasteiger partial charge in [0.2, 0.25) is 0 Å². The van der Waals surface area contributed by atoms with Crippen molar-refractivity contribution in [2.45, 2.75) is 51.7 Å². The highest BCUT2D eigenvalue weighted by molar-refractivity contribution is 5.99. The van der Waals surface area contributed by atoms with Gasteiger partial charge in [0.15, 0.2) is 11.6 Å². The summed E-state index contributed by atoms with van der Waals surface area (Å²) >= 11 is 0. The van der Waals surface area contributed by atoms with E-state index in [-0.39, 0.29) is 29.3 Å². The predicted molar refractivity (Wildman–Crippen MR) is 139 cm³/mol. The Kier molecular flexibility index (Phi) is 9.57. The summed E-state index contributed by atoms with van der Waals surface area (Å²) in [5.41, 5.74) is 14.1. The summed E-state index contributed by atoms with van der Waals surface area (Å²) in [4.78, 5) is 16.4. The van der Waals surface area contributed by atoms with E-state index in [4.69, 9.17) is 26.0 Å². The lowest BCUT2D eigenvalue weighted by molar-refractivity contribution is 0.100. The fourth-order valence-corrected chi connectivity index (χ4v) is 3.93. The molecule has 36 heavy (non-hydrogen) atoms. The minimum absolute atomic E-state index is 0.00684. The average Bonchev–Trinajstić information content (AvgIpc) is 3.20. The number of amides is 1. The van der Waals surface area contributed by atoms with E-state index in [0.717, 1.165) is 35.5 Å². The summed E-state index contributed by atoms with van der Waals surface area (Å²) in [6.07, 6.45) is 2.27. The number of nitrogens with one attached hydrogen (secondary N) is 2. The van der Waals surface area contributed by atoms with Crippen molar-refractivity contribution >= 4 is 34.1 Å². The number of aryl methyl sites for hydroxylation is 1. The quantitative estimate of drug-likeness (QED) is 0.247. The van der Waals surface area contributed by atoms with Crippen molar-refractivity contribution in [3.8, 4) is 0 Å². The number of primary amides is 1. The first-order chi connectivity index (χ1) is 17.3. The Morgan fingerprint density at radius 3 is 2.61 bits per heavy atom. The second kappa shape index (κ2) is 12.6. The molecule has 1 aromatic carbocycles. The number of nitrogens with two attached hydrogens (primary N) is 2. The summed E-state index contributed by atoms with van der Waals surface area (Å²) in [6, 6.07) is 6.40. The Morgan fingerprint density at radius 1 is 1.19 bits per heavy atom. The molecule has 6 N–H and O–H groups in total. The number of methoxy groups -OCH3 is 2. The number of pyridine rings is 1. The predicted octanol–water partition coefficient (Wildman–Crippen LogP) is 3.18. The first kappa shape index (κ1) is 27.3. The number of aromatic nitrogens is 3. The highest BCUT2D eigenvalue weighted by Gasteiger charge is 2.20. The van der Waals surface area contributed by atoms with Gasteiger partial charge >= 0.3 is 0 Å². The number of fused-ring (bicyclic) bond motifs is 1. The van der Waals surface area contributed by atoms with E-state index in [2.05, 4.69) is 15.6 Å². The fraction of sp³-hybridized carbons (Fsp3) is 0.480. The maximum atomic E-state index is 14.7. The Balaban J connectivity index is 1.98. The topological polar surface area (TPSA) is 142 Å². The largest absolute Gasteiger partial charge is 0.385 e. The third-order valence-electron chi connectivity index (χ3n) is 6.08. The number of benzene rings is 1. The van der Waals surface area contributed by atoms with Crippen LogP contribution in [0.2, 0.25) is 0 Å². The van der Waals surface area contributed by atoms with E-state index < -0.39 is 11.7 Å². The van der Waals surface area contributed by atoms with Gasteiger partial charge in [-0.25, -0.2) is 9.37 Å². The van der Waals surface area contributed by atoms with Gasteiger partial charge in [-0.05, 0) is 50.5 Å². The normalized spacial score (nSPS) is 13.1. The van der Waals surface area contributed by atoms with Crippen LogP contribution in [0.1, 0.15) is 42.7 Å². The van der Waals surface area contributed by atoms with E-state index >= 15 is 0 Å². The minimum Gasteiger partial charge on any atom is -0.385 e. The van der Waals surface area contributed by atoms with Crippen molar-refractivity contribution in [2.75, 3.05) is 38.1 Å². The van der Waals surface area contributed by atoms with Gasteiger partial charge in [0.05, 0.1) is 29.9 Å². The Labute approximate surface area is 210 Å². The van der Waals surface area contributed by atoms with Gasteiger partial charge < -0.3 is 31.6 Å². The summed E-state index contributed by atoms with van der Waals surface area (Å²) < 4.78 is 27.1. The fourth-order valence-electron chi connectivity index (χ4n) is 3.93. The number of hydrogen-bond acceptors (Lipinski definition) is 8. The number of rotatable bonds is 14. The van der Waals surface area contributed by atoms with Crippen molar-refractivity contribution in [3.63, 3.8) is 0 Å². The molecule has 2 heterocycles. The van der Waals surface area contributed by atoms with E-state index in [1.54, 1.807) is 14.2 Å². The van der Waals surface area contributed by atoms with Crippen LogP contribution >= 0.6 is 0 Å². The first-order valence-corrected chi connectivity index (χ1v) is 12.1. The molecule has 1 amide bonds. The first-order valence-electron chi connectivity index (χ1n) is 12.1. The maximum Gasteiger partial charge on any atom is 0.252 e. The minimum atomic E-state index is -0.789. The van der Waals surface area contributed by atoms with E-state index in [9.17, 15) is 9.18 Å². The molecule has 2 aromatic heterocycles. The van der Waals surface area contributed by atoms with Crippen LogP contribution in [0.4, 0.5) is 21.7 Å². The van der Waals surface area contributed by atoms with Gasteiger partial charge in [0.1, 0.15) is 5.82 Å². The number of carbonyl (C=O) groups is 1. The molecule has 0 fully saturated rings. The lowest BCUT2D eigenvalue weighted by atomic mass is 10.1. The zero-order valence-corrected chi connectivity index (χ0v) is 21.3. The molecule has 10 nitrogen and oxygen atoms in total. The molecule has 0 aliphatic heterocycles. The smallest absolute Gasteiger partial charge is 0.252 e. The molecule has 0 bridgehead atoms. The third kappa shape index (κ3) is 6.48. The summed E-state index contributed by atoms with van der Waals surface area (Å²) in [7, 11) is 3.32. The van der Waals surface area contributed by atoms with E-state index in [1.807, 2.05) is 36.7 Å². The Hall–Kier alpha value is -3.28. The SMILES string of the molecule is CC[C@H](N)[C@@H](C)Nc1nc(Nc2ccc3c(c2)c(CCCOC)nn3CCOC)c(C(N)=O)cc1F. The molecule has 0 saturated carbocycles. The molecule has 0 radical (unpaired) electrons.